The van der Waals surface area contributed by atoms with Gasteiger partial charge in [0.05, 0.1) is 39.9 Å². The first kappa shape index (κ1) is 30.8. The number of aromatic hydroxyl groups is 2. The van der Waals surface area contributed by atoms with E-state index in [9.17, 15) is 19.8 Å². The lowest BCUT2D eigenvalue weighted by atomic mass is 10.2. The van der Waals surface area contributed by atoms with Crippen molar-refractivity contribution in [3.63, 3.8) is 0 Å². The minimum atomic E-state index is -0.608. The highest BCUT2D eigenvalue weighted by Crippen LogP contribution is 2.43. The molecule has 0 aliphatic carbocycles. The van der Waals surface area contributed by atoms with Gasteiger partial charge in [-0.15, -0.1) is 11.3 Å². The number of benzene rings is 2. The lowest BCUT2D eigenvalue weighted by Crippen LogP contribution is -2.17. The van der Waals surface area contributed by atoms with E-state index in [0.717, 1.165) is 11.3 Å². The largest absolute Gasteiger partial charge is 0.504 e. The highest BCUT2D eigenvalue weighted by Gasteiger charge is 2.29. The smallest absolute Gasteiger partial charge is 0.285 e. The summed E-state index contributed by atoms with van der Waals surface area (Å²) in [5.74, 6) is -0.469. The number of hydrazone groups is 2. The van der Waals surface area contributed by atoms with Crippen LogP contribution in [0, 0.1) is 0 Å². The number of hydrogen-bond acceptors (Lipinski definition) is 11. The predicted molar refractivity (Wildman–Crippen MR) is 155 cm³/mol. The minimum absolute atomic E-state index is 0.0254. The number of nitrogens with zero attached hydrogens (tertiary/aromatic N) is 2. The summed E-state index contributed by atoms with van der Waals surface area (Å²) in [5.41, 5.74) is 6.03. The van der Waals surface area contributed by atoms with Gasteiger partial charge in [0.1, 0.15) is 9.75 Å². The predicted octanol–water partition coefficient (Wildman–Crippen LogP) is 4.28. The van der Waals surface area contributed by atoms with Gasteiger partial charge in [0.2, 0.25) is 0 Å². The third-order valence-electron chi connectivity index (χ3n) is 5.30. The van der Waals surface area contributed by atoms with Crippen LogP contribution in [-0.2, 0) is 0 Å². The van der Waals surface area contributed by atoms with Crippen LogP contribution < -0.4 is 29.8 Å². The van der Waals surface area contributed by atoms with Crippen molar-refractivity contribution in [2.75, 3.05) is 27.4 Å². The van der Waals surface area contributed by atoms with E-state index in [4.69, 9.17) is 18.9 Å². The maximum Gasteiger partial charge on any atom is 0.285 e. The van der Waals surface area contributed by atoms with Crippen LogP contribution in [0.3, 0.4) is 0 Å². The summed E-state index contributed by atoms with van der Waals surface area (Å²) in [6.45, 7) is 4.40. The van der Waals surface area contributed by atoms with Gasteiger partial charge in [-0.3, -0.25) is 9.59 Å². The third-order valence-corrected chi connectivity index (χ3v) is 6.45. The maximum atomic E-state index is 13.1. The van der Waals surface area contributed by atoms with Gasteiger partial charge in [0, 0.05) is 0 Å². The molecule has 0 spiro atoms. The van der Waals surface area contributed by atoms with Gasteiger partial charge in [-0.05, 0) is 60.4 Å². The number of thiophene rings is 1. The number of phenolic OH excluding ortho intramolecular Hbond substituents is 2. The van der Waals surface area contributed by atoms with Crippen molar-refractivity contribution in [3.8, 4) is 34.5 Å². The molecule has 2 aromatic carbocycles. The number of carbonyl (C=O) groups excluding carboxylic acids is 2. The van der Waals surface area contributed by atoms with E-state index in [1.165, 1.54) is 38.8 Å². The summed E-state index contributed by atoms with van der Waals surface area (Å²) in [6, 6.07) is 9.20. The zero-order valence-corrected chi connectivity index (χ0v) is 23.9. The summed E-state index contributed by atoms with van der Waals surface area (Å²) in [5, 5.41) is 27.5. The van der Waals surface area contributed by atoms with E-state index >= 15 is 0 Å². The number of carbonyl (C=O) groups is 2. The lowest BCUT2D eigenvalue weighted by Gasteiger charge is -2.10. The molecule has 1 heterocycles. The molecule has 3 rings (SSSR count). The number of methoxy groups -OCH3 is 2. The molecule has 41 heavy (non-hydrogen) atoms. The van der Waals surface area contributed by atoms with Gasteiger partial charge < -0.3 is 29.2 Å². The summed E-state index contributed by atoms with van der Waals surface area (Å²) in [6.07, 6.45) is 4.09. The zero-order valence-electron chi connectivity index (χ0n) is 23.1. The monoisotopic (exact) mass is 584 g/mol. The highest BCUT2D eigenvalue weighted by molar-refractivity contribution is 7.16. The van der Waals surface area contributed by atoms with Gasteiger partial charge in [-0.1, -0.05) is 13.8 Å². The molecule has 0 fully saturated rings. The van der Waals surface area contributed by atoms with Crippen molar-refractivity contribution in [2.45, 2.75) is 26.7 Å². The van der Waals surface area contributed by atoms with Crippen LogP contribution >= 0.6 is 11.3 Å². The Labute approximate surface area is 241 Å². The van der Waals surface area contributed by atoms with Crippen LogP contribution in [-0.4, -0.2) is 61.9 Å². The number of nitrogens with one attached hydrogen (secondary N) is 2. The first-order chi connectivity index (χ1) is 19.8. The first-order valence-electron chi connectivity index (χ1n) is 12.7. The fraction of sp³-hybridized carbons (Fsp3) is 0.286. The Bertz CT molecular complexity index is 1320. The summed E-state index contributed by atoms with van der Waals surface area (Å²) < 4.78 is 21.9. The number of amides is 2. The van der Waals surface area contributed by atoms with Crippen LogP contribution in [0.4, 0.5) is 0 Å². The number of phenols is 2. The van der Waals surface area contributed by atoms with Crippen LogP contribution in [0.25, 0.3) is 0 Å². The fourth-order valence-corrected chi connectivity index (χ4v) is 4.32. The molecule has 0 aliphatic heterocycles. The molecule has 0 radical (unpaired) electrons. The second-order valence-corrected chi connectivity index (χ2v) is 9.40. The molecule has 218 valence electrons. The number of ether oxygens (including phenoxy) is 4. The van der Waals surface area contributed by atoms with Gasteiger partial charge >= 0.3 is 0 Å². The zero-order chi connectivity index (χ0) is 29.8. The van der Waals surface area contributed by atoms with Crippen molar-refractivity contribution >= 4 is 35.6 Å². The number of hydrogen-bond donors (Lipinski definition) is 4. The summed E-state index contributed by atoms with van der Waals surface area (Å²) in [7, 11) is 2.85. The summed E-state index contributed by atoms with van der Waals surface area (Å²) in [4.78, 5) is 26.5. The SMILES string of the molecule is CCCOc1c(C(=O)N/N=C\c2ccc(O)c(OC)c2)sc(C(=O)N/N=C\c2ccc(O)c(OC)c2)c1OCCC. The van der Waals surface area contributed by atoms with Crippen molar-refractivity contribution in [2.24, 2.45) is 10.2 Å². The molecule has 4 N–H and O–H groups in total. The minimum Gasteiger partial charge on any atom is -0.504 e. The van der Waals surface area contributed by atoms with E-state index in [-0.39, 0.29) is 57.5 Å². The standard InChI is InChI=1S/C28H32N4O8S/c1-5-11-39-23-24(40-12-6-2)26(28(36)32-30-16-18-8-10-20(34)22(14-18)38-4)41-25(23)27(35)31-29-15-17-7-9-19(33)21(13-17)37-3/h7-10,13-16,33-34H,5-6,11-12H2,1-4H3,(H,31,35)(H,32,36)/b29-15-,30-16-. The molecule has 3 aromatic rings. The fourth-order valence-electron chi connectivity index (χ4n) is 3.35. The van der Waals surface area contributed by atoms with E-state index in [2.05, 4.69) is 21.1 Å². The van der Waals surface area contributed by atoms with Crippen LogP contribution in [0.2, 0.25) is 0 Å². The van der Waals surface area contributed by atoms with Gasteiger partial charge in [0.15, 0.2) is 34.5 Å². The molecule has 0 bridgehead atoms. The Morgan fingerprint density at radius 2 is 1.20 bits per heavy atom. The van der Waals surface area contributed by atoms with E-state index < -0.39 is 11.8 Å². The van der Waals surface area contributed by atoms with Crippen LogP contribution in [0.5, 0.6) is 34.5 Å². The molecular formula is C28H32N4O8S. The van der Waals surface area contributed by atoms with Crippen molar-refractivity contribution < 1.29 is 38.7 Å². The molecular weight excluding hydrogens is 552 g/mol. The van der Waals surface area contributed by atoms with Crippen molar-refractivity contribution in [3.05, 3.63) is 57.3 Å². The quantitative estimate of drug-likeness (QED) is 0.161. The average Bonchev–Trinajstić information content (AvgIpc) is 3.34. The van der Waals surface area contributed by atoms with Crippen LogP contribution in [0.1, 0.15) is 57.2 Å². The van der Waals surface area contributed by atoms with E-state index in [0.29, 0.717) is 24.0 Å². The normalized spacial score (nSPS) is 11.0. The van der Waals surface area contributed by atoms with Crippen molar-refractivity contribution in [1.29, 1.82) is 0 Å². The lowest BCUT2D eigenvalue weighted by molar-refractivity contribution is 0.0945. The molecule has 0 saturated heterocycles. The molecule has 0 unspecified atom stereocenters. The van der Waals surface area contributed by atoms with Gasteiger partial charge in [-0.25, -0.2) is 10.9 Å². The Morgan fingerprint density at radius 1 is 0.780 bits per heavy atom. The highest BCUT2D eigenvalue weighted by atomic mass is 32.1. The molecule has 0 saturated carbocycles. The molecule has 12 nitrogen and oxygen atoms in total. The third kappa shape index (κ3) is 8.11. The molecule has 0 atom stereocenters. The second-order valence-electron chi connectivity index (χ2n) is 8.38. The summed E-state index contributed by atoms with van der Waals surface area (Å²) >= 11 is 0.884. The first-order valence-corrected chi connectivity index (χ1v) is 13.5. The van der Waals surface area contributed by atoms with E-state index in [1.54, 1.807) is 24.3 Å². The topological polar surface area (TPSA) is 160 Å². The Morgan fingerprint density at radius 3 is 1.56 bits per heavy atom. The van der Waals surface area contributed by atoms with Crippen molar-refractivity contribution in [1.82, 2.24) is 10.9 Å². The second kappa shape index (κ2) is 15.1. The Balaban J connectivity index is 1.86. The van der Waals surface area contributed by atoms with E-state index in [1.807, 2.05) is 13.8 Å². The Hall–Kier alpha value is -4.78. The average molecular weight is 585 g/mol. The molecule has 2 amide bonds. The van der Waals surface area contributed by atoms with Crippen LogP contribution in [0.15, 0.2) is 46.6 Å². The molecule has 0 aliphatic rings. The number of rotatable bonds is 14. The molecule has 1 aromatic heterocycles. The Kier molecular flexibility index (Phi) is 11.3. The van der Waals surface area contributed by atoms with Gasteiger partial charge in [-0.2, -0.15) is 10.2 Å². The molecule has 13 heteroatoms. The maximum absolute atomic E-state index is 13.1. The van der Waals surface area contributed by atoms with Gasteiger partial charge in [0.25, 0.3) is 11.8 Å².